The van der Waals surface area contributed by atoms with Crippen LogP contribution in [0.3, 0.4) is 0 Å². The molecule has 0 unspecified atom stereocenters. The molecule has 0 spiro atoms. The third-order valence-electron chi connectivity index (χ3n) is 1.79. The molecular weight excluding hydrogens is 146 g/mol. The predicted octanol–water partition coefficient (Wildman–Crippen LogP) is 0.130. The summed E-state index contributed by atoms with van der Waals surface area (Å²) in [5.41, 5.74) is 0. The van der Waals surface area contributed by atoms with E-state index < -0.39 is 5.97 Å². The Morgan fingerprint density at radius 1 is 1.73 bits per heavy atom. The summed E-state index contributed by atoms with van der Waals surface area (Å²) in [5, 5.41) is 11.0. The fourth-order valence-electron chi connectivity index (χ4n) is 1.19. The molecule has 1 amide bonds. The van der Waals surface area contributed by atoms with E-state index in [1.165, 1.54) is 0 Å². The Kier molecular flexibility index (Phi) is 2.46. The molecule has 1 heterocycles. The van der Waals surface area contributed by atoms with Gasteiger partial charge in [0.15, 0.2) is 0 Å². The number of hydrogen-bond acceptors (Lipinski definition) is 2. The van der Waals surface area contributed by atoms with E-state index in [9.17, 15) is 9.59 Å². The predicted molar refractivity (Wildman–Crippen MR) is 38.0 cm³/mol. The standard InChI is InChI=1S/C7H11NO3/c9-6-3-1-5(8-6)2-4-7(10)11/h5H,1-4H2,(H,8,9)(H,10,11)/t5-/m0/s1. The molecule has 1 atom stereocenters. The first-order valence-electron chi connectivity index (χ1n) is 3.69. The molecule has 1 fully saturated rings. The van der Waals surface area contributed by atoms with Gasteiger partial charge in [0.05, 0.1) is 0 Å². The molecule has 0 radical (unpaired) electrons. The zero-order valence-electron chi connectivity index (χ0n) is 6.17. The summed E-state index contributed by atoms with van der Waals surface area (Å²) in [7, 11) is 0. The van der Waals surface area contributed by atoms with E-state index in [0.717, 1.165) is 6.42 Å². The molecule has 0 saturated carbocycles. The van der Waals surface area contributed by atoms with Crippen LogP contribution in [0.25, 0.3) is 0 Å². The molecule has 0 aromatic heterocycles. The summed E-state index contributed by atoms with van der Waals surface area (Å²) in [6, 6.07) is 0.0959. The SMILES string of the molecule is O=C(O)CC[C@@H]1CCC(=O)N1. The lowest BCUT2D eigenvalue weighted by molar-refractivity contribution is -0.137. The maximum absolute atomic E-state index is 10.6. The van der Waals surface area contributed by atoms with Crippen molar-refractivity contribution in [3.05, 3.63) is 0 Å². The fraction of sp³-hybridized carbons (Fsp3) is 0.714. The zero-order chi connectivity index (χ0) is 8.27. The number of carbonyl (C=O) groups excluding carboxylic acids is 1. The summed E-state index contributed by atoms with van der Waals surface area (Å²) >= 11 is 0. The van der Waals surface area contributed by atoms with E-state index in [0.29, 0.717) is 12.8 Å². The van der Waals surface area contributed by atoms with Crippen molar-refractivity contribution in [3.8, 4) is 0 Å². The second-order valence-corrected chi connectivity index (χ2v) is 2.74. The maximum Gasteiger partial charge on any atom is 0.303 e. The van der Waals surface area contributed by atoms with Gasteiger partial charge in [-0.25, -0.2) is 0 Å². The smallest absolute Gasteiger partial charge is 0.303 e. The Labute approximate surface area is 64.6 Å². The first-order valence-corrected chi connectivity index (χ1v) is 3.69. The number of amides is 1. The highest BCUT2D eigenvalue weighted by Crippen LogP contribution is 2.11. The van der Waals surface area contributed by atoms with Crippen molar-refractivity contribution in [2.75, 3.05) is 0 Å². The summed E-state index contributed by atoms with van der Waals surface area (Å²) < 4.78 is 0. The number of aliphatic carboxylic acids is 1. The van der Waals surface area contributed by atoms with E-state index >= 15 is 0 Å². The van der Waals surface area contributed by atoms with Crippen LogP contribution in [0.5, 0.6) is 0 Å². The van der Waals surface area contributed by atoms with Crippen LogP contribution in [0, 0.1) is 0 Å². The quantitative estimate of drug-likeness (QED) is 0.612. The third kappa shape index (κ3) is 2.57. The third-order valence-corrected chi connectivity index (χ3v) is 1.79. The van der Waals surface area contributed by atoms with Crippen LogP contribution in [-0.2, 0) is 9.59 Å². The van der Waals surface area contributed by atoms with E-state index in [1.54, 1.807) is 0 Å². The molecule has 2 N–H and O–H groups in total. The Hall–Kier alpha value is -1.06. The van der Waals surface area contributed by atoms with Crippen LogP contribution in [0.1, 0.15) is 25.7 Å². The van der Waals surface area contributed by atoms with E-state index in [-0.39, 0.29) is 18.4 Å². The van der Waals surface area contributed by atoms with Crippen molar-refractivity contribution in [2.45, 2.75) is 31.7 Å². The Balaban J connectivity index is 2.18. The van der Waals surface area contributed by atoms with Gasteiger partial charge in [-0.1, -0.05) is 0 Å². The van der Waals surface area contributed by atoms with Crippen LogP contribution >= 0.6 is 0 Å². The van der Waals surface area contributed by atoms with E-state index in [1.807, 2.05) is 0 Å². The molecule has 0 aliphatic carbocycles. The monoisotopic (exact) mass is 157 g/mol. The average Bonchev–Trinajstić information content (AvgIpc) is 2.31. The maximum atomic E-state index is 10.6. The second kappa shape index (κ2) is 3.37. The number of carboxylic acids is 1. The Morgan fingerprint density at radius 2 is 2.45 bits per heavy atom. The van der Waals surface area contributed by atoms with Gasteiger partial charge in [0.2, 0.25) is 5.91 Å². The van der Waals surface area contributed by atoms with Crippen molar-refractivity contribution < 1.29 is 14.7 Å². The van der Waals surface area contributed by atoms with Crippen LogP contribution < -0.4 is 5.32 Å². The highest BCUT2D eigenvalue weighted by Gasteiger charge is 2.20. The molecule has 0 bridgehead atoms. The lowest BCUT2D eigenvalue weighted by atomic mass is 10.1. The minimum absolute atomic E-state index is 0.0420. The number of rotatable bonds is 3. The normalized spacial score (nSPS) is 23.3. The molecule has 0 aromatic rings. The minimum Gasteiger partial charge on any atom is -0.481 e. The van der Waals surface area contributed by atoms with Gasteiger partial charge in [0.25, 0.3) is 0 Å². The zero-order valence-corrected chi connectivity index (χ0v) is 6.17. The molecular formula is C7H11NO3. The molecule has 4 heteroatoms. The van der Waals surface area contributed by atoms with Gasteiger partial charge in [-0.15, -0.1) is 0 Å². The topological polar surface area (TPSA) is 66.4 Å². The van der Waals surface area contributed by atoms with Gasteiger partial charge < -0.3 is 10.4 Å². The number of nitrogens with one attached hydrogen (secondary N) is 1. The van der Waals surface area contributed by atoms with Crippen molar-refractivity contribution in [1.82, 2.24) is 5.32 Å². The molecule has 62 valence electrons. The number of hydrogen-bond donors (Lipinski definition) is 2. The first-order chi connectivity index (χ1) is 5.18. The van der Waals surface area contributed by atoms with Crippen molar-refractivity contribution in [2.24, 2.45) is 0 Å². The van der Waals surface area contributed by atoms with Crippen molar-refractivity contribution >= 4 is 11.9 Å². The summed E-state index contributed by atoms with van der Waals surface area (Å²) in [4.78, 5) is 20.8. The van der Waals surface area contributed by atoms with Gasteiger partial charge in [-0.05, 0) is 12.8 Å². The minimum atomic E-state index is -0.800. The van der Waals surface area contributed by atoms with Crippen LogP contribution in [0.4, 0.5) is 0 Å². The lowest BCUT2D eigenvalue weighted by Crippen LogP contribution is -2.25. The van der Waals surface area contributed by atoms with Gasteiger partial charge in [0, 0.05) is 18.9 Å². The summed E-state index contributed by atoms with van der Waals surface area (Å²) in [5.74, 6) is -0.758. The Bertz CT molecular complexity index is 179. The van der Waals surface area contributed by atoms with Crippen molar-refractivity contribution in [3.63, 3.8) is 0 Å². The van der Waals surface area contributed by atoms with E-state index in [4.69, 9.17) is 5.11 Å². The van der Waals surface area contributed by atoms with Crippen molar-refractivity contribution in [1.29, 1.82) is 0 Å². The molecule has 1 rings (SSSR count). The van der Waals surface area contributed by atoms with Crippen LogP contribution in [0.15, 0.2) is 0 Å². The van der Waals surface area contributed by atoms with Crippen LogP contribution in [-0.4, -0.2) is 23.0 Å². The molecule has 0 aromatic carbocycles. The van der Waals surface area contributed by atoms with Crippen LogP contribution in [0.2, 0.25) is 0 Å². The summed E-state index contributed by atoms with van der Waals surface area (Å²) in [6.45, 7) is 0. The number of carbonyl (C=O) groups is 2. The lowest BCUT2D eigenvalue weighted by Gasteiger charge is -2.05. The highest BCUT2D eigenvalue weighted by molar-refractivity contribution is 5.78. The van der Waals surface area contributed by atoms with Gasteiger partial charge in [0.1, 0.15) is 0 Å². The molecule has 1 aliphatic heterocycles. The molecule has 1 aliphatic rings. The average molecular weight is 157 g/mol. The first kappa shape index (κ1) is 8.04. The molecule has 11 heavy (non-hydrogen) atoms. The van der Waals surface area contributed by atoms with Gasteiger partial charge >= 0.3 is 5.97 Å². The highest BCUT2D eigenvalue weighted by atomic mass is 16.4. The fourth-order valence-corrected chi connectivity index (χ4v) is 1.19. The van der Waals surface area contributed by atoms with Gasteiger partial charge in [-0.3, -0.25) is 9.59 Å². The summed E-state index contributed by atoms with van der Waals surface area (Å²) in [6.07, 6.45) is 2.03. The van der Waals surface area contributed by atoms with Gasteiger partial charge in [-0.2, -0.15) is 0 Å². The molecule has 4 nitrogen and oxygen atoms in total. The molecule has 1 saturated heterocycles. The second-order valence-electron chi connectivity index (χ2n) is 2.74. The Morgan fingerprint density at radius 3 is 2.91 bits per heavy atom. The van der Waals surface area contributed by atoms with E-state index in [2.05, 4.69) is 5.32 Å². The number of carboxylic acid groups (broad SMARTS) is 1. The largest absolute Gasteiger partial charge is 0.481 e.